The Morgan fingerprint density at radius 3 is 2.63 bits per heavy atom. The third kappa shape index (κ3) is 2.97. The van der Waals surface area contributed by atoms with Crippen LogP contribution in [0.15, 0.2) is 30.3 Å². The number of nitrogens with two attached hydrogens (primary N) is 1. The lowest BCUT2D eigenvalue weighted by atomic mass is 10.0. The maximum absolute atomic E-state index is 5.75. The average molecular weight is 276 g/mol. The van der Waals surface area contributed by atoms with Crippen LogP contribution in [-0.2, 0) is 6.42 Å². The maximum atomic E-state index is 5.75. The lowest BCUT2D eigenvalue weighted by molar-refractivity contribution is 0.414. The fraction of sp³-hybridized carbons (Fsp3) is 0.333. The van der Waals surface area contributed by atoms with Crippen LogP contribution in [-0.4, -0.2) is 7.11 Å². The van der Waals surface area contributed by atoms with Crippen LogP contribution in [0.1, 0.15) is 33.8 Å². The summed E-state index contributed by atoms with van der Waals surface area (Å²) >= 11 is 1.81. The van der Waals surface area contributed by atoms with Gasteiger partial charge in [0.05, 0.1) is 13.2 Å². The fourth-order valence-corrected chi connectivity index (χ4v) is 3.20. The number of hydrogen-bond donors (Lipinski definition) is 2. The molecule has 0 amide bonds. The summed E-state index contributed by atoms with van der Waals surface area (Å²) in [6.45, 7) is 4.25. The highest BCUT2D eigenvalue weighted by Gasteiger charge is 2.17. The van der Waals surface area contributed by atoms with E-state index in [0.717, 1.165) is 12.2 Å². The molecule has 0 spiro atoms. The number of benzene rings is 1. The topological polar surface area (TPSA) is 47.3 Å². The molecule has 1 unspecified atom stereocenters. The predicted molar refractivity (Wildman–Crippen MR) is 80.6 cm³/mol. The zero-order valence-corrected chi connectivity index (χ0v) is 12.4. The zero-order valence-electron chi connectivity index (χ0n) is 11.6. The number of nitrogens with one attached hydrogen (secondary N) is 1. The van der Waals surface area contributed by atoms with Gasteiger partial charge in [-0.05, 0) is 48.7 Å². The van der Waals surface area contributed by atoms with E-state index in [1.807, 2.05) is 12.1 Å². The van der Waals surface area contributed by atoms with Gasteiger partial charge in [0.25, 0.3) is 0 Å². The molecule has 0 bridgehead atoms. The normalized spacial score (nSPS) is 12.4. The molecule has 0 saturated carbocycles. The van der Waals surface area contributed by atoms with Crippen LogP contribution >= 0.6 is 11.3 Å². The minimum Gasteiger partial charge on any atom is -0.497 e. The summed E-state index contributed by atoms with van der Waals surface area (Å²) in [5, 5.41) is 0. The van der Waals surface area contributed by atoms with Crippen molar-refractivity contribution in [2.75, 3.05) is 7.11 Å². The van der Waals surface area contributed by atoms with Gasteiger partial charge in [-0.1, -0.05) is 13.0 Å². The number of hydrazine groups is 1. The number of aryl methyl sites for hydroxylation is 2. The number of thiophene rings is 1. The number of methoxy groups -OCH3 is 1. The van der Waals surface area contributed by atoms with Gasteiger partial charge >= 0.3 is 0 Å². The van der Waals surface area contributed by atoms with Gasteiger partial charge in [-0.2, -0.15) is 0 Å². The molecule has 1 aromatic carbocycles. The zero-order chi connectivity index (χ0) is 13.8. The van der Waals surface area contributed by atoms with Crippen molar-refractivity contribution in [2.24, 2.45) is 5.84 Å². The molecular weight excluding hydrogens is 256 g/mol. The first kappa shape index (κ1) is 14.1. The molecule has 0 aliphatic carbocycles. The Labute approximate surface area is 118 Å². The van der Waals surface area contributed by atoms with Gasteiger partial charge in [0.15, 0.2) is 0 Å². The highest BCUT2D eigenvalue weighted by atomic mass is 32.1. The number of hydrogen-bond acceptors (Lipinski definition) is 4. The largest absolute Gasteiger partial charge is 0.497 e. The summed E-state index contributed by atoms with van der Waals surface area (Å²) in [5.41, 5.74) is 5.28. The molecular formula is C15H20N2OS. The second-order valence-corrected chi connectivity index (χ2v) is 5.68. The highest BCUT2D eigenvalue weighted by molar-refractivity contribution is 7.12. The Hall–Kier alpha value is -1.36. The van der Waals surface area contributed by atoms with Crippen molar-refractivity contribution in [3.8, 4) is 5.75 Å². The molecule has 1 atom stereocenters. The highest BCUT2D eigenvalue weighted by Crippen LogP contribution is 2.31. The summed E-state index contributed by atoms with van der Waals surface area (Å²) in [5.74, 6) is 6.63. The predicted octanol–water partition coefficient (Wildman–Crippen LogP) is 3.18. The van der Waals surface area contributed by atoms with E-state index in [9.17, 15) is 0 Å². The van der Waals surface area contributed by atoms with Crippen molar-refractivity contribution in [1.29, 1.82) is 0 Å². The molecule has 0 saturated heterocycles. The van der Waals surface area contributed by atoms with Crippen LogP contribution < -0.4 is 16.0 Å². The molecule has 0 fully saturated rings. The average Bonchev–Trinajstić information content (AvgIpc) is 2.90. The van der Waals surface area contributed by atoms with Gasteiger partial charge < -0.3 is 4.74 Å². The van der Waals surface area contributed by atoms with Crippen molar-refractivity contribution < 1.29 is 4.74 Å². The molecule has 102 valence electrons. The quantitative estimate of drug-likeness (QED) is 0.651. The minimum atomic E-state index is 0.0382. The summed E-state index contributed by atoms with van der Waals surface area (Å²) in [6.07, 6.45) is 1.06. The molecule has 0 aliphatic rings. The van der Waals surface area contributed by atoms with Gasteiger partial charge in [-0.15, -0.1) is 11.3 Å². The maximum Gasteiger partial charge on any atom is 0.119 e. The van der Waals surface area contributed by atoms with Crippen LogP contribution in [0.4, 0.5) is 0 Å². The lowest BCUT2D eigenvalue weighted by Crippen LogP contribution is -2.28. The van der Waals surface area contributed by atoms with Crippen molar-refractivity contribution in [1.82, 2.24) is 5.43 Å². The van der Waals surface area contributed by atoms with Crippen LogP contribution in [0.5, 0.6) is 5.75 Å². The Balaban J connectivity index is 2.36. The van der Waals surface area contributed by atoms with Crippen molar-refractivity contribution in [2.45, 2.75) is 26.3 Å². The van der Waals surface area contributed by atoms with E-state index in [1.165, 1.54) is 20.9 Å². The second kappa shape index (κ2) is 6.19. The van der Waals surface area contributed by atoms with Gasteiger partial charge in [0, 0.05) is 9.75 Å². The molecule has 0 aliphatic heterocycles. The van der Waals surface area contributed by atoms with Gasteiger partial charge in [-0.3, -0.25) is 5.84 Å². The molecule has 1 aromatic heterocycles. The molecule has 2 rings (SSSR count). The Morgan fingerprint density at radius 2 is 2.11 bits per heavy atom. The van der Waals surface area contributed by atoms with Gasteiger partial charge in [0.2, 0.25) is 0 Å². The smallest absolute Gasteiger partial charge is 0.119 e. The van der Waals surface area contributed by atoms with Crippen LogP contribution in [0, 0.1) is 6.92 Å². The van der Waals surface area contributed by atoms with E-state index in [1.54, 1.807) is 18.4 Å². The number of ether oxygens (including phenoxy) is 1. The molecule has 19 heavy (non-hydrogen) atoms. The molecule has 4 heteroatoms. The molecule has 3 nitrogen and oxygen atoms in total. The molecule has 2 aromatic rings. The van der Waals surface area contributed by atoms with E-state index in [-0.39, 0.29) is 6.04 Å². The standard InChI is InChI=1S/C15H20N2OS/c1-4-12-6-8-14(19-12)15(17-16)13-7-5-11(18-3)9-10(13)2/h5-9,15,17H,4,16H2,1-3H3. The Morgan fingerprint density at radius 1 is 1.32 bits per heavy atom. The minimum absolute atomic E-state index is 0.0382. The SMILES string of the molecule is CCc1ccc(C(NN)c2ccc(OC)cc2C)s1. The molecule has 3 N–H and O–H groups in total. The van der Waals surface area contributed by atoms with Crippen molar-refractivity contribution >= 4 is 11.3 Å². The second-order valence-electron chi connectivity index (χ2n) is 4.48. The number of rotatable bonds is 5. The van der Waals surface area contributed by atoms with E-state index in [0.29, 0.717) is 0 Å². The van der Waals surface area contributed by atoms with Crippen molar-refractivity contribution in [3.05, 3.63) is 51.2 Å². The van der Waals surface area contributed by atoms with Crippen molar-refractivity contribution in [3.63, 3.8) is 0 Å². The Kier molecular flexibility index (Phi) is 4.58. The third-order valence-electron chi connectivity index (χ3n) is 3.27. The van der Waals surface area contributed by atoms with E-state index < -0.39 is 0 Å². The first-order valence-electron chi connectivity index (χ1n) is 6.38. The van der Waals surface area contributed by atoms with E-state index >= 15 is 0 Å². The summed E-state index contributed by atoms with van der Waals surface area (Å²) in [4.78, 5) is 2.62. The van der Waals surface area contributed by atoms with E-state index in [2.05, 4.69) is 37.5 Å². The first-order valence-corrected chi connectivity index (χ1v) is 7.20. The Bertz CT molecular complexity index is 551. The monoisotopic (exact) mass is 276 g/mol. The third-order valence-corrected chi connectivity index (χ3v) is 4.56. The summed E-state index contributed by atoms with van der Waals surface area (Å²) < 4.78 is 5.24. The van der Waals surface area contributed by atoms with Crippen LogP contribution in [0.2, 0.25) is 0 Å². The van der Waals surface area contributed by atoms with Crippen LogP contribution in [0.3, 0.4) is 0 Å². The molecule has 1 heterocycles. The first-order chi connectivity index (χ1) is 9.19. The van der Waals surface area contributed by atoms with Crippen LogP contribution in [0.25, 0.3) is 0 Å². The fourth-order valence-electron chi connectivity index (χ4n) is 2.16. The summed E-state index contributed by atoms with van der Waals surface area (Å²) in [7, 11) is 1.68. The molecule has 0 radical (unpaired) electrons. The summed E-state index contributed by atoms with van der Waals surface area (Å²) in [6, 6.07) is 10.4. The van der Waals surface area contributed by atoms with Gasteiger partial charge in [0.1, 0.15) is 5.75 Å². The van der Waals surface area contributed by atoms with Gasteiger partial charge in [-0.25, -0.2) is 5.43 Å². The van der Waals surface area contributed by atoms with E-state index in [4.69, 9.17) is 10.6 Å². The lowest BCUT2D eigenvalue weighted by Gasteiger charge is -2.18.